The van der Waals surface area contributed by atoms with E-state index in [1.807, 2.05) is 30.3 Å². The molecule has 3 N–H and O–H groups in total. The zero-order valence-corrected chi connectivity index (χ0v) is 24.1. The summed E-state index contributed by atoms with van der Waals surface area (Å²) in [5.74, 6) is 2.31. The van der Waals surface area contributed by atoms with Gasteiger partial charge in [-0.05, 0) is 81.0 Å². The molecule has 3 heterocycles. The molecule has 5 rings (SSSR count). The van der Waals surface area contributed by atoms with Gasteiger partial charge in [0.2, 0.25) is 5.95 Å². The molecule has 0 unspecified atom stereocenters. The summed E-state index contributed by atoms with van der Waals surface area (Å²) in [6, 6.07) is 16.4. The number of rotatable bonds is 12. The van der Waals surface area contributed by atoms with Gasteiger partial charge in [0.25, 0.3) is 0 Å². The van der Waals surface area contributed by atoms with Gasteiger partial charge in [-0.3, -0.25) is 4.90 Å². The van der Waals surface area contributed by atoms with Gasteiger partial charge in [0.1, 0.15) is 18.2 Å². The number of nitrogens with two attached hydrogens (primary N) is 1. The second-order valence-corrected chi connectivity index (χ2v) is 10.3. The van der Waals surface area contributed by atoms with Crippen molar-refractivity contribution in [3.05, 3.63) is 72.7 Å². The lowest BCUT2D eigenvalue weighted by Crippen LogP contribution is -2.29. The van der Waals surface area contributed by atoms with Crippen LogP contribution in [0.3, 0.4) is 0 Å². The third-order valence-electron chi connectivity index (χ3n) is 7.50. The van der Waals surface area contributed by atoms with Gasteiger partial charge < -0.3 is 20.7 Å². The van der Waals surface area contributed by atoms with Gasteiger partial charge in [0, 0.05) is 54.1 Å². The molecule has 9 nitrogen and oxygen atoms in total. The van der Waals surface area contributed by atoms with E-state index in [2.05, 4.69) is 67.1 Å². The van der Waals surface area contributed by atoms with Crippen molar-refractivity contribution >= 4 is 17.5 Å². The zero-order valence-electron chi connectivity index (χ0n) is 24.1. The standard InChI is InChI=1S/C32H40N8O/c1-3-39(4-2)17-18-41-28-13-11-25(12-14-28)30-34-20-26(21-35-30)29-22-36-32(33)38-31(29)37-27-10-8-9-24(19-27)23-40-15-6-5-7-16-40/h8-14,19-22H,3-7,15-18,23H2,1-2H3,(H3,33,36,37,38). The first kappa shape index (κ1) is 28.4. The van der Waals surface area contributed by atoms with E-state index in [4.69, 9.17) is 10.5 Å². The van der Waals surface area contributed by atoms with Crippen LogP contribution in [0.15, 0.2) is 67.1 Å². The van der Waals surface area contributed by atoms with Crippen molar-refractivity contribution in [2.75, 3.05) is 50.4 Å². The molecule has 1 aliphatic rings. The Labute approximate surface area is 242 Å². The summed E-state index contributed by atoms with van der Waals surface area (Å²) in [6.45, 7) is 11.2. The average Bonchev–Trinajstić information content (AvgIpc) is 3.01. The number of benzene rings is 2. The van der Waals surface area contributed by atoms with Crippen LogP contribution >= 0.6 is 0 Å². The number of likely N-dealkylation sites (N-methyl/N-ethyl adjacent to an activating group) is 1. The Kier molecular flexibility index (Phi) is 9.72. The predicted molar refractivity (Wildman–Crippen MR) is 165 cm³/mol. The Morgan fingerprint density at radius 1 is 0.902 bits per heavy atom. The fraction of sp³-hybridized carbons (Fsp3) is 0.375. The van der Waals surface area contributed by atoms with Crippen molar-refractivity contribution in [1.82, 2.24) is 29.7 Å². The van der Waals surface area contributed by atoms with E-state index >= 15 is 0 Å². The summed E-state index contributed by atoms with van der Waals surface area (Å²) in [5, 5.41) is 3.45. The maximum atomic E-state index is 5.97. The van der Waals surface area contributed by atoms with Crippen molar-refractivity contribution in [2.45, 2.75) is 39.7 Å². The molecule has 2 aromatic carbocycles. The predicted octanol–water partition coefficient (Wildman–Crippen LogP) is 5.63. The molecule has 0 aliphatic carbocycles. The van der Waals surface area contributed by atoms with E-state index in [0.29, 0.717) is 18.2 Å². The average molecular weight is 553 g/mol. The number of piperidine rings is 1. The largest absolute Gasteiger partial charge is 0.492 e. The van der Waals surface area contributed by atoms with E-state index in [1.165, 1.54) is 24.8 Å². The lowest BCUT2D eigenvalue weighted by molar-refractivity contribution is 0.221. The minimum absolute atomic E-state index is 0.206. The molecule has 2 aromatic heterocycles. The van der Waals surface area contributed by atoms with Gasteiger partial charge in [-0.1, -0.05) is 32.4 Å². The molecule has 0 saturated carbocycles. The molecule has 0 spiro atoms. The Morgan fingerprint density at radius 3 is 2.39 bits per heavy atom. The maximum absolute atomic E-state index is 5.97. The zero-order chi connectivity index (χ0) is 28.4. The highest BCUT2D eigenvalue weighted by Gasteiger charge is 2.13. The number of nitrogens with one attached hydrogen (secondary N) is 1. The summed E-state index contributed by atoms with van der Waals surface area (Å²) in [6.07, 6.45) is 9.19. The highest BCUT2D eigenvalue weighted by molar-refractivity contribution is 5.78. The van der Waals surface area contributed by atoms with Crippen LogP contribution in [0.2, 0.25) is 0 Å². The topological polar surface area (TPSA) is 105 Å². The highest BCUT2D eigenvalue weighted by atomic mass is 16.5. The first-order valence-electron chi connectivity index (χ1n) is 14.6. The van der Waals surface area contributed by atoms with Gasteiger partial charge in [-0.2, -0.15) is 4.98 Å². The third-order valence-corrected chi connectivity index (χ3v) is 7.50. The smallest absolute Gasteiger partial charge is 0.221 e. The maximum Gasteiger partial charge on any atom is 0.221 e. The van der Waals surface area contributed by atoms with E-state index < -0.39 is 0 Å². The lowest BCUT2D eigenvalue weighted by atomic mass is 10.1. The van der Waals surface area contributed by atoms with Crippen molar-refractivity contribution in [2.24, 2.45) is 0 Å². The van der Waals surface area contributed by atoms with E-state index in [0.717, 1.165) is 67.4 Å². The van der Waals surface area contributed by atoms with Crippen LogP contribution in [0.1, 0.15) is 38.7 Å². The van der Waals surface area contributed by atoms with Gasteiger partial charge >= 0.3 is 0 Å². The van der Waals surface area contributed by atoms with Crippen LogP contribution in [-0.2, 0) is 6.54 Å². The molecule has 1 saturated heterocycles. The number of hydrogen-bond acceptors (Lipinski definition) is 9. The number of aromatic nitrogens is 4. The van der Waals surface area contributed by atoms with Crippen LogP contribution in [0, 0.1) is 0 Å². The number of ether oxygens (including phenoxy) is 1. The minimum atomic E-state index is 0.206. The highest BCUT2D eigenvalue weighted by Crippen LogP contribution is 2.29. The van der Waals surface area contributed by atoms with Crippen molar-refractivity contribution in [1.29, 1.82) is 0 Å². The Bertz CT molecular complexity index is 1380. The van der Waals surface area contributed by atoms with E-state index in [-0.39, 0.29) is 5.95 Å². The molecule has 41 heavy (non-hydrogen) atoms. The van der Waals surface area contributed by atoms with Gasteiger partial charge in [0.05, 0.1) is 0 Å². The Balaban J connectivity index is 1.27. The van der Waals surface area contributed by atoms with Crippen LogP contribution in [0.5, 0.6) is 5.75 Å². The van der Waals surface area contributed by atoms with Gasteiger partial charge in [0.15, 0.2) is 5.82 Å². The SMILES string of the molecule is CCN(CC)CCOc1ccc(-c2ncc(-c3cnc(N)nc3Nc3cccc(CN4CCCCC4)c3)cn2)cc1. The second-order valence-electron chi connectivity index (χ2n) is 10.3. The third kappa shape index (κ3) is 7.77. The molecule has 4 aromatic rings. The van der Waals surface area contributed by atoms with E-state index in [9.17, 15) is 0 Å². The summed E-state index contributed by atoms with van der Waals surface area (Å²) in [5.41, 5.74) is 10.7. The number of nitrogen functional groups attached to an aromatic ring is 1. The van der Waals surface area contributed by atoms with Crippen molar-refractivity contribution in [3.63, 3.8) is 0 Å². The van der Waals surface area contributed by atoms with Crippen LogP contribution in [0.4, 0.5) is 17.5 Å². The number of nitrogens with zero attached hydrogens (tertiary/aromatic N) is 6. The molecule has 1 aliphatic heterocycles. The van der Waals surface area contributed by atoms with Gasteiger partial charge in [-0.15, -0.1) is 0 Å². The molecular weight excluding hydrogens is 512 g/mol. The molecule has 1 fully saturated rings. The van der Waals surface area contributed by atoms with Crippen molar-refractivity contribution < 1.29 is 4.74 Å². The van der Waals surface area contributed by atoms with Crippen LogP contribution in [0.25, 0.3) is 22.5 Å². The number of anilines is 3. The summed E-state index contributed by atoms with van der Waals surface area (Å²) >= 11 is 0. The summed E-state index contributed by atoms with van der Waals surface area (Å²) < 4.78 is 5.91. The quantitative estimate of drug-likeness (QED) is 0.231. The van der Waals surface area contributed by atoms with E-state index in [1.54, 1.807) is 18.6 Å². The molecule has 0 atom stereocenters. The normalized spacial score (nSPS) is 13.8. The number of hydrogen-bond donors (Lipinski definition) is 2. The Morgan fingerprint density at radius 2 is 1.66 bits per heavy atom. The molecule has 0 bridgehead atoms. The van der Waals surface area contributed by atoms with Crippen molar-refractivity contribution in [3.8, 4) is 28.3 Å². The fourth-order valence-corrected chi connectivity index (χ4v) is 5.11. The molecular formula is C32H40N8O. The van der Waals surface area contributed by atoms with Gasteiger partial charge in [-0.25, -0.2) is 15.0 Å². The summed E-state index contributed by atoms with van der Waals surface area (Å²) in [7, 11) is 0. The molecule has 214 valence electrons. The van der Waals surface area contributed by atoms with Crippen LogP contribution < -0.4 is 15.8 Å². The Hall–Kier alpha value is -4.08. The molecule has 0 amide bonds. The second kappa shape index (κ2) is 14.0. The van der Waals surface area contributed by atoms with Crippen LogP contribution in [-0.4, -0.2) is 69.1 Å². The lowest BCUT2D eigenvalue weighted by Gasteiger charge is -2.26. The monoisotopic (exact) mass is 552 g/mol. The number of likely N-dealkylation sites (tertiary alicyclic amines) is 1. The first-order valence-corrected chi connectivity index (χ1v) is 14.6. The first-order chi connectivity index (χ1) is 20.1. The fourth-order valence-electron chi connectivity index (χ4n) is 5.11. The molecule has 0 radical (unpaired) electrons. The minimum Gasteiger partial charge on any atom is -0.492 e. The summed E-state index contributed by atoms with van der Waals surface area (Å²) in [4.78, 5) is 22.9. The molecule has 9 heteroatoms.